The Morgan fingerprint density at radius 3 is 1.97 bits per heavy atom. The van der Waals surface area contributed by atoms with E-state index in [1.54, 1.807) is 18.2 Å². The third-order valence-corrected chi connectivity index (χ3v) is 6.76. The van der Waals surface area contributed by atoms with Crippen molar-refractivity contribution in [3.63, 3.8) is 0 Å². The van der Waals surface area contributed by atoms with Crippen molar-refractivity contribution < 1.29 is 25.9 Å². The summed E-state index contributed by atoms with van der Waals surface area (Å²) in [6.07, 6.45) is 0. The van der Waals surface area contributed by atoms with Gasteiger partial charge in [0.15, 0.2) is 5.36 Å². The zero-order valence-corrected chi connectivity index (χ0v) is 19.6. The van der Waals surface area contributed by atoms with Crippen LogP contribution in [0.15, 0.2) is 102 Å². The summed E-state index contributed by atoms with van der Waals surface area (Å²) in [4.78, 5) is 24.3. The fourth-order valence-electron chi connectivity index (χ4n) is 3.27. The number of hydrogen-bond acceptors (Lipinski definition) is 10. The first-order valence-electron chi connectivity index (χ1n) is 9.96. The molecule has 0 amide bonds. The van der Waals surface area contributed by atoms with Crippen LogP contribution in [0, 0.1) is 0 Å². The predicted octanol–water partition coefficient (Wildman–Crippen LogP) is 0.785. The molecule has 14 heteroatoms. The van der Waals surface area contributed by atoms with Crippen LogP contribution in [0.25, 0.3) is 10.8 Å². The Kier molecular flexibility index (Phi) is 6.51. The van der Waals surface area contributed by atoms with E-state index in [1.807, 2.05) is 0 Å². The predicted molar refractivity (Wildman–Crippen MR) is 130 cm³/mol. The minimum absolute atomic E-state index is 0.167. The summed E-state index contributed by atoms with van der Waals surface area (Å²) in [5.74, 6) is 0. The highest BCUT2D eigenvalue weighted by Crippen LogP contribution is 2.29. The van der Waals surface area contributed by atoms with Gasteiger partial charge in [-0.3, -0.25) is 29.5 Å². The zero-order chi connectivity index (χ0) is 26.1. The van der Waals surface area contributed by atoms with Crippen LogP contribution in [-0.4, -0.2) is 25.9 Å². The summed E-state index contributed by atoms with van der Waals surface area (Å²) in [5, 5.41) is 7.81. The Hall–Kier alpha value is -4.24. The molecule has 0 aliphatic heterocycles. The van der Waals surface area contributed by atoms with Gasteiger partial charge in [-0.1, -0.05) is 24.3 Å². The van der Waals surface area contributed by atoms with E-state index in [4.69, 9.17) is 4.55 Å². The molecule has 4 N–H and O–H groups in total. The lowest BCUT2D eigenvalue weighted by molar-refractivity contribution is 0.481. The number of nitrogens with one attached hydrogen (secondary N) is 2. The molecule has 0 spiro atoms. The lowest BCUT2D eigenvalue weighted by Gasteiger charge is -2.08. The smallest absolute Gasteiger partial charge is 0.287 e. The van der Waals surface area contributed by atoms with Crippen molar-refractivity contribution in [2.24, 2.45) is 10.2 Å². The van der Waals surface area contributed by atoms with Gasteiger partial charge in [-0.25, -0.2) is 0 Å². The van der Waals surface area contributed by atoms with E-state index in [1.165, 1.54) is 36.4 Å². The number of anilines is 2. The molecule has 0 unspecified atom stereocenters. The Morgan fingerprint density at radius 1 is 0.667 bits per heavy atom. The maximum absolute atomic E-state index is 12.8. The van der Waals surface area contributed by atoms with Gasteiger partial charge in [0.25, 0.3) is 20.2 Å². The molecule has 0 bridgehead atoms. The summed E-state index contributed by atoms with van der Waals surface area (Å²) in [6.45, 7) is 0. The van der Waals surface area contributed by atoms with E-state index in [9.17, 15) is 31.0 Å². The van der Waals surface area contributed by atoms with Crippen LogP contribution >= 0.6 is 0 Å². The van der Waals surface area contributed by atoms with E-state index in [0.717, 1.165) is 18.2 Å². The topological polar surface area (TPSA) is 192 Å². The molecule has 4 rings (SSSR count). The normalized spacial score (nSPS) is 13.2. The zero-order valence-electron chi connectivity index (χ0n) is 18.0. The number of benzene rings is 4. The van der Waals surface area contributed by atoms with Gasteiger partial charge in [0.1, 0.15) is 10.3 Å². The first-order chi connectivity index (χ1) is 16.9. The Labute approximate surface area is 203 Å². The lowest BCUT2D eigenvalue weighted by Crippen LogP contribution is -2.47. The van der Waals surface area contributed by atoms with E-state index >= 15 is 0 Å². The maximum atomic E-state index is 12.8. The molecule has 4 aromatic rings. The minimum atomic E-state index is -4.47. The molecule has 0 aromatic heterocycles. The average Bonchev–Trinajstić information content (AvgIpc) is 2.82. The van der Waals surface area contributed by atoms with Gasteiger partial charge in [-0.2, -0.15) is 27.0 Å². The van der Waals surface area contributed by atoms with Crippen molar-refractivity contribution in [2.75, 3.05) is 10.9 Å². The molecule has 0 fully saturated rings. The van der Waals surface area contributed by atoms with Gasteiger partial charge in [0, 0.05) is 10.8 Å². The van der Waals surface area contributed by atoms with E-state index < -0.39 is 36.5 Å². The van der Waals surface area contributed by atoms with Crippen LogP contribution in [0.3, 0.4) is 0 Å². The largest absolute Gasteiger partial charge is 0.295 e. The van der Waals surface area contributed by atoms with Gasteiger partial charge in [-0.15, -0.1) is 0 Å². The highest BCUT2D eigenvalue weighted by Gasteiger charge is 2.15. The average molecular weight is 529 g/mol. The quantitative estimate of drug-likeness (QED) is 0.205. The summed E-state index contributed by atoms with van der Waals surface area (Å²) in [7, 11) is -8.85. The van der Waals surface area contributed by atoms with E-state index in [2.05, 4.69) is 21.1 Å². The number of rotatable bonds is 6. The number of nitrogens with zero attached hydrogens (tertiary/aromatic N) is 2. The fraction of sp³-hybridized carbons (Fsp3) is 0. The number of fused-ring (bicyclic) bond motifs is 1. The summed E-state index contributed by atoms with van der Waals surface area (Å²) in [5.41, 5.74) is 4.22. The van der Waals surface area contributed by atoms with E-state index in [-0.39, 0.29) is 26.2 Å². The van der Waals surface area contributed by atoms with Crippen molar-refractivity contribution in [3.8, 4) is 0 Å². The summed E-state index contributed by atoms with van der Waals surface area (Å²) in [6, 6.07) is 15.9. The Balaban J connectivity index is 1.70. The molecule has 0 heterocycles. The van der Waals surface area contributed by atoms with Crippen molar-refractivity contribution >= 4 is 42.4 Å². The van der Waals surface area contributed by atoms with Crippen LogP contribution in [-0.2, 0) is 20.2 Å². The van der Waals surface area contributed by atoms with Crippen molar-refractivity contribution in [3.05, 3.63) is 104 Å². The molecule has 0 saturated carbocycles. The van der Waals surface area contributed by atoms with Gasteiger partial charge in [0.2, 0.25) is 10.9 Å². The molecule has 36 heavy (non-hydrogen) atoms. The van der Waals surface area contributed by atoms with Crippen LogP contribution in [0.5, 0.6) is 0 Å². The minimum Gasteiger partial charge on any atom is -0.287 e. The molecule has 184 valence electrons. The van der Waals surface area contributed by atoms with Crippen LogP contribution in [0.4, 0.5) is 11.4 Å². The van der Waals surface area contributed by atoms with Crippen LogP contribution in [0.2, 0.25) is 0 Å². The molecule has 12 nitrogen and oxygen atoms in total. The molecule has 0 atom stereocenters. The van der Waals surface area contributed by atoms with Crippen molar-refractivity contribution in [1.29, 1.82) is 0 Å². The monoisotopic (exact) mass is 528 g/mol. The highest BCUT2D eigenvalue weighted by atomic mass is 32.2. The summed E-state index contributed by atoms with van der Waals surface area (Å²) < 4.78 is 64.1. The first-order valence-corrected chi connectivity index (χ1v) is 12.8. The highest BCUT2D eigenvalue weighted by molar-refractivity contribution is 7.86. The Bertz CT molecular complexity index is 1930. The second-order valence-corrected chi connectivity index (χ2v) is 10.2. The lowest BCUT2D eigenvalue weighted by atomic mass is 10.1. The first kappa shape index (κ1) is 24.9. The van der Waals surface area contributed by atoms with Gasteiger partial charge >= 0.3 is 0 Å². The second kappa shape index (κ2) is 9.43. The van der Waals surface area contributed by atoms with E-state index in [0.29, 0.717) is 11.1 Å². The molecule has 0 aliphatic rings. The van der Waals surface area contributed by atoms with Crippen LogP contribution in [0.1, 0.15) is 0 Å². The molecule has 0 radical (unpaired) electrons. The maximum Gasteiger partial charge on any atom is 0.295 e. The van der Waals surface area contributed by atoms with Crippen LogP contribution < -0.4 is 32.4 Å². The fourth-order valence-corrected chi connectivity index (χ4v) is 4.45. The van der Waals surface area contributed by atoms with Gasteiger partial charge in [-0.05, 0) is 48.5 Å². The summed E-state index contributed by atoms with van der Waals surface area (Å²) >= 11 is 0. The third kappa shape index (κ3) is 5.21. The standard InChI is InChI=1S/C22H16N4O8S2/c27-19-11-9-18(22(28)21(19)26-23-13-5-7-14(8-6-13)35(29,30)31)25-24-17-10-12-20(36(32,33)34)16-4-2-1-3-15(16)17/h1-12,23-24H,(H,29,30,31)(H,32,33,34)/b25-18+,26-21+. The number of hydrogen-bond donors (Lipinski definition) is 4. The SMILES string of the molecule is O=c1cc/c(=N\Nc2ccc(S(=O)(=O)O)c3ccccc23)c(=O)/c1=N/Nc1ccc(S(=O)(=O)O)cc1. The van der Waals surface area contributed by atoms with Gasteiger partial charge in [0.05, 0.1) is 16.3 Å². The molecule has 0 aliphatic carbocycles. The third-order valence-electron chi connectivity index (χ3n) is 4.98. The molecular weight excluding hydrogens is 512 g/mol. The van der Waals surface area contributed by atoms with Crippen molar-refractivity contribution in [1.82, 2.24) is 0 Å². The van der Waals surface area contributed by atoms with Gasteiger partial charge < -0.3 is 0 Å². The molecule has 0 saturated heterocycles. The molecule has 4 aromatic carbocycles. The Morgan fingerprint density at radius 2 is 1.33 bits per heavy atom. The molecular formula is C22H16N4O8S2. The second-order valence-electron chi connectivity index (χ2n) is 7.34. The van der Waals surface area contributed by atoms with Crippen molar-refractivity contribution in [2.45, 2.75) is 9.79 Å².